The minimum atomic E-state index is -0.808. The Hall–Kier alpha value is -0.680. The Morgan fingerprint density at radius 1 is 1.58 bits per heavy atom. The number of nitro benzene ring substituents is 1. The zero-order valence-electron chi connectivity index (χ0n) is 5.55. The molecule has 0 fully saturated rings. The predicted molar refractivity (Wildman–Crippen MR) is 45.8 cm³/mol. The maximum Gasteiger partial charge on any atom is 0.292 e. The highest BCUT2D eigenvalue weighted by atomic mass is 79.9. The summed E-state index contributed by atoms with van der Waals surface area (Å²) in [5.74, 6) is -0.808. The third-order valence-electron chi connectivity index (χ3n) is 1.17. The van der Waals surface area contributed by atoms with Gasteiger partial charge in [0.2, 0.25) is 0 Å². The van der Waals surface area contributed by atoms with Crippen LogP contribution in [0.25, 0.3) is 0 Å². The molecule has 0 saturated heterocycles. The summed E-state index contributed by atoms with van der Waals surface area (Å²) in [5.41, 5.74) is -0.441. The molecule has 64 valence electrons. The molecule has 6 heteroatoms. The van der Waals surface area contributed by atoms with Gasteiger partial charge in [-0.05, 0) is 6.07 Å². The molecule has 0 aromatic heterocycles. The Morgan fingerprint density at radius 2 is 2.17 bits per heavy atom. The number of nitrogens with zero attached hydrogens (tertiary/aromatic N) is 1. The lowest BCUT2D eigenvalue weighted by molar-refractivity contribution is -0.384. The molecular weight excluding hydrogens is 252 g/mol. The summed E-state index contributed by atoms with van der Waals surface area (Å²) in [6.07, 6.45) is 0. The average molecular weight is 254 g/mol. The van der Waals surface area contributed by atoms with Gasteiger partial charge in [0.1, 0.15) is 5.82 Å². The van der Waals surface area contributed by atoms with Gasteiger partial charge in [-0.2, -0.15) is 0 Å². The van der Waals surface area contributed by atoms with Crippen molar-refractivity contribution in [3.05, 3.63) is 37.6 Å². The van der Waals surface area contributed by atoms with Gasteiger partial charge in [-0.1, -0.05) is 27.5 Å². The molecular formula is C6H2BrClFNO2. The SMILES string of the molecule is O=[N+]([O-])c1cc(Br)cc(F)c1Cl. The number of halogens is 3. The first-order valence-corrected chi connectivity index (χ1v) is 3.98. The number of nitro groups is 1. The average Bonchev–Trinajstić information content (AvgIpc) is 1.96. The lowest BCUT2D eigenvalue weighted by atomic mass is 10.3. The van der Waals surface area contributed by atoms with Crippen LogP contribution in [0.1, 0.15) is 0 Å². The molecule has 0 aliphatic heterocycles. The lowest BCUT2D eigenvalue weighted by Gasteiger charge is -1.96. The summed E-state index contributed by atoms with van der Waals surface area (Å²) in [4.78, 5) is 9.52. The molecule has 0 bridgehead atoms. The molecule has 0 aliphatic rings. The Bertz CT molecular complexity index is 345. The van der Waals surface area contributed by atoms with Crippen LogP contribution >= 0.6 is 27.5 Å². The highest BCUT2D eigenvalue weighted by Gasteiger charge is 2.17. The van der Waals surface area contributed by atoms with Crippen molar-refractivity contribution in [1.82, 2.24) is 0 Å². The molecule has 0 amide bonds. The summed E-state index contributed by atoms with van der Waals surface area (Å²) in [6, 6.07) is 2.21. The normalized spacial score (nSPS) is 9.92. The number of hydrogen-bond acceptors (Lipinski definition) is 2. The van der Waals surface area contributed by atoms with Crippen molar-refractivity contribution < 1.29 is 9.31 Å². The lowest BCUT2D eigenvalue weighted by Crippen LogP contribution is -1.91. The molecule has 0 unspecified atom stereocenters. The van der Waals surface area contributed by atoms with Gasteiger partial charge < -0.3 is 0 Å². The van der Waals surface area contributed by atoms with E-state index in [1.807, 2.05) is 0 Å². The number of hydrogen-bond donors (Lipinski definition) is 0. The van der Waals surface area contributed by atoms with Gasteiger partial charge in [0, 0.05) is 10.5 Å². The van der Waals surface area contributed by atoms with Crippen LogP contribution in [0, 0.1) is 15.9 Å². The quantitative estimate of drug-likeness (QED) is 0.439. The number of rotatable bonds is 1. The van der Waals surface area contributed by atoms with Crippen LogP contribution in [0.4, 0.5) is 10.1 Å². The van der Waals surface area contributed by atoms with Crippen LogP contribution in [0.5, 0.6) is 0 Å². The molecule has 0 radical (unpaired) electrons. The van der Waals surface area contributed by atoms with E-state index in [4.69, 9.17) is 11.6 Å². The molecule has 1 aromatic rings. The highest BCUT2D eigenvalue weighted by Crippen LogP contribution is 2.30. The van der Waals surface area contributed by atoms with Gasteiger partial charge in [-0.15, -0.1) is 0 Å². The van der Waals surface area contributed by atoms with Gasteiger partial charge in [0.25, 0.3) is 5.69 Å². The highest BCUT2D eigenvalue weighted by molar-refractivity contribution is 9.10. The molecule has 1 rings (SSSR count). The topological polar surface area (TPSA) is 43.1 Å². The predicted octanol–water partition coefficient (Wildman–Crippen LogP) is 3.15. The zero-order valence-corrected chi connectivity index (χ0v) is 7.89. The van der Waals surface area contributed by atoms with E-state index >= 15 is 0 Å². The van der Waals surface area contributed by atoms with Crippen molar-refractivity contribution in [3.8, 4) is 0 Å². The van der Waals surface area contributed by atoms with Crippen LogP contribution in [-0.4, -0.2) is 4.92 Å². The fourth-order valence-electron chi connectivity index (χ4n) is 0.675. The van der Waals surface area contributed by atoms with Crippen LogP contribution < -0.4 is 0 Å². The van der Waals surface area contributed by atoms with Crippen molar-refractivity contribution in [2.45, 2.75) is 0 Å². The fraction of sp³-hybridized carbons (Fsp3) is 0. The van der Waals surface area contributed by atoms with E-state index in [0.29, 0.717) is 0 Å². The molecule has 1 aromatic carbocycles. The van der Waals surface area contributed by atoms with E-state index < -0.39 is 21.5 Å². The number of benzene rings is 1. The third-order valence-corrected chi connectivity index (χ3v) is 2.00. The maximum absolute atomic E-state index is 12.7. The van der Waals surface area contributed by atoms with Crippen molar-refractivity contribution >= 4 is 33.2 Å². The Labute approximate surface area is 80.4 Å². The van der Waals surface area contributed by atoms with Gasteiger partial charge in [-0.25, -0.2) is 4.39 Å². The summed E-state index contributed by atoms with van der Waals surface area (Å²) < 4.78 is 13.0. The van der Waals surface area contributed by atoms with Crippen LogP contribution in [0.3, 0.4) is 0 Å². The first-order valence-electron chi connectivity index (χ1n) is 2.81. The van der Waals surface area contributed by atoms with E-state index in [1.165, 1.54) is 0 Å². The van der Waals surface area contributed by atoms with E-state index in [-0.39, 0.29) is 4.47 Å². The Kier molecular flexibility index (Phi) is 2.64. The molecule has 0 saturated carbocycles. The van der Waals surface area contributed by atoms with Crippen molar-refractivity contribution in [1.29, 1.82) is 0 Å². The van der Waals surface area contributed by atoms with E-state index in [9.17, 15) is 14.5 Å². The molecule has 0 aliphatic carbocycles. The second kappa shape index (κ2) is 3.37. The van der Waals surface area contributed by atoms with Crippen LogP contribution in [-0.2, 0) is 0 Å². The Balaban J connectivity index is 3.37. The molecule has 0 spiro atoms. The summed E-state index contributed by atoms with van der Waals surface area (Å²) >= 11 is 8.24. The van der Waals surface area contributed by atoms with Crippen molar-refractivity contribution in [3.63, 3.8) is 0 Å². The third kappa shape index (κ3) is 1.73. The minimum absolute atomic E-state index is 0.288. The first-order chi connectivity index (χ1) is 5.52. The summed E-state index contributed by atoms with van der Waals surface area (Å²) in [6.45, 7) is 0. The molecule has 3 nitrogen and oxygen atoms in total. The van der Waals surface area contributed by atoms with Crippen LogP contribution in [0.2, 0.25) is 5.02 Å². The smallest absolute Gasteiger partial charge is 0.258 e. The second-order valence-corrected chi connectivity index (χ2v) is 3.27. The van der Waals surface area contributed by atoms with Crippen LogP contribution in [0.15, 0.2) is 16.6 Å². The van der Waals surface area contributed by atoms with Gasteiger partial charge in [-0.3, -0.25) is 10.1 Å². The minimum Gasteiger partial charge on any atom is -0.258 e. The molecule has 0 heterocycles. The fourth-order valence-corrected chi connectivity index (χ4v) is 1.27. The standard InChI is InChI=1S/C6H2BrClFNO2/c7-3-1-4(9)6(8)5(2-3)10(11)12/h1-2H. The second-order valence-electron chi connectivity index (χ2n) is 1.98. The first kappa shape index (κ1) is 9.41. The van der Waals surface area contributed by atoms with Gasteiger partial charge >= 0.3 is 0 Å². The monoisotopic (exact) mass is 253 g/mol. The molecule has 0 atom stereocenters. The van der Waals surface area contributed by atoms with E-state index in [1.54, 1.807) is 0 Å². The van der Waals surface area contributed by atoms with Crippen molar-refractivity contribution in [2.75, 3.05) is 0 Å². The van der Waals surface area contributed by atoms with E-state index in [2.05, 4.69) is 15.9 Å². The summed E-state index contributed by atoms with van der Waals surface area (Å²) in [7, 11) is 0. The van der Waals surface area contributed by atoms with Gasteiger partial charge in [0.05, 0.1) is 4.92 Å². The Morgan fingerprint density at radius 3 is 2.67 bits per heavy atom. The maximum atomic E-state index is 12.7. The van der Waals surface area contributed by atoms with E-state index in [0.717, 1.165) is 12.1 Å². The zero-order chi connectivity index (χ0) is 9.30. The van der Waals surface area contributed by atoms with Gasteiger partial charge in [0.15, 0.2) is 5.02 Å². The molecule has 12 heavy (non-hydrogen) atoms. The summed E-state index contributed by atoms with van der Waals surface area (Å²) in [5, 5.41) is 9.79. The van der Waals surface area contributed by atoms with Crippen molar-refractivity contribution in [2.24, 2.45) is 0 Å². The molecule has 0 N–H and O–H groups in total. The largest absolute Gasteiger partial charge is 0.292 e.